The predicted octanol–water partition coefficient (Wildman–Crippen LogP) is 1.82. The molecule has 0 fully saturated rings. The van der Waals surface area contributed by atoms with Gasteiger partial charge in [-0.2, -0.15) is 11.8 Å². The molecule has 0 bridgehead atoms. The molecule has 20 heavy (non-hydrogen) atoms. The number of thioether (sulfide) groups is 1. The smallest absolute Gasteiger partial charge is 0.356 e. The van der Waals surface area contributed by atoms with Gasteiger partial charge in [0.15, 0.2) is 5.69 Å². The topological polar surface area (TPSA) is 95.3 Å². The number of aromatic nitrogens is 2. The lowest BCUT2D eigenvalue weighted by atomic mass is 10.1. The summed E-state index contributed by atoms with van der Waals surface area (Å²) in [6.07, 6.45) is 3.36. The van der Waals surface area contributed by atoms with Gasteiger partial charge in [-0.25, -0.2) is 14.8 Å². The van der Waals surface area contributed by atoms with Gasteiger partial charge in [-0.3, -0.25) is 0 Å². The van der Waals surface area contributed by atoms with Crippen LogP contribution in [0.3, 0.4) is 0 Å². The Bertz CT molecular complexity index is 478. The van der Waals surface area contributed by atoms with E-state index in [2.05, 4.69) is 15.3 Å². The molecular weight excluding hydrogens is 278 g/mol. The zero-order valence-corrected chi connectivity index (χ0v) is 13.0. The number of nitrogens with one attached hydrogen (secondary N) is 1. The van der Waals surface area contributed by atoms with E-state index >= 15 is 0 Å². The first-order chi connectivity index (χ1) is 9.26. The fourth-order valence-electron chi connectivity index (χ4n) is 1.61. The lowest BCUT2D eigenvalue weighted by Gasteiger charge is -2.23. The van der Waals surface area contributed by atoms with Gasteiger partial charge in [-0.05, 0) is 13.2 Å². The maximum Gasteiger partial charge on any atom is 0.356 e. The van der Waals surface area contributed by atoms with Gasteiger partial charge in [0, 0.05) is 18.2 Å². The largest absolute Gasteiger partial charge is 0.476 e. The molecule has 1 rings (SSSR count). The van der Waals surface area contributed by atoms with E-state index in [-0.39, 0.29) is 18.2 Å². The van der Waals surface area contributed by atoms with Crippen LogP contribution < -0.4 is 5.32 Å². The minimum atomic E-state index is -1.11. The number of hydrogen-bond donors (Lipinski definition) is 3. The highest BCUT2D eigenvalue weighted by molar-refractivity contribution is 7.98. The third-order valence-electron chi connectivity index (χ3n) is 2.64. The van der Waals surface area contributed by atoms with Crippen molar-refractivity contribution in [1.82, 2.24) is 9.97 Å². The Labute approximate surface area is 123 Å². The zero-order valence-electron chi connectivity index (χ0n) is 12.2. The maximum atomic E-state index is 11.2. The summed E-state index contributed by atoms with van der Waals surface area (Å²) in [5.74, 6) is -0.0141. The van der Waals surface area contributed by atoms with Crippen LogP contribution in [0.25, 0.3) is 0 Å². The van der Waals surface area contributed by atoms with Crippen LogP contribution in [0.2, 0.25) is 0 Å². The maximum absolute atomic E-state index is 11.2. The summed E-state index contributed by atoms with van der Waals surface area (Å²) in [4.78, 5) is 19.5. The third-order valence-corrected chi connectivity index (χ3v) is 3.55. The number of anilines is 1. The van der Waals surface area contributed by atoms with E-state index in [1.54, 1.807) is 6.92 Å². The lowest BCUT2D eigenvalue weighted by molar-refractivity contribution is 0.0689. The van der Waals surface area contributed by atoms with Crippen LogP contribution in [0, 0.1) is 0 Å². The SMILES string of the molecule is CSCC(C)(O)CNc1cnc(C(C)C)nc1C(=O)O. The molecule has 0 aliphatic carbocycles. The first-order valence-corrected chi connectivity index (χ1v) is 7.71. The van der Waals surface area contributed by atoms with Crippen LogP contribution in [0.5, 0.6) is 0 Å². The van der Waals surface area contributed by atoms with Gasteiger partial charge >= 0.3 is 5.97 Å². The van der Waals surface area contributed by atoms with Gasteiger partial charge in [0.2, 0.25) is 0 Å². The molecule has 1 heterocycles. The van der Waals surface area contributed by atoms with Crippen LogP contribution in [0.1, 0.15) is 43.0 Å². The highest BCUT2D eigenvalue weighted by Gasteiger charge is 2.22. The molecule has 1 aromatic heterocycles. The van der Waals surface area contributed by atoms with E-state index in [9.17, 15) is 15.0 Å². The van der Waals surface area contributed by atoms with E-state index in [0.717, 1.165) is 0 Å². The first-order valence-electron chi connectivity index (χ1n) is 6.32. The van der Waals surface area contributed by atoms with Gasteiger partial charge in [-0.1, -0.05) is 13.8 Å². The minimum Gasteiger partial charge on any atom is -0.476 e. The average Bonchev–Trinajstić information content (AvgIpc) is 2.36. The number of aliphatic hydroxyl groups is 1. The molecule has 1 aromatic rings. The molecule has 1 atom stereocenters. The van der Waals surface area contributed by atoms with Crippen molar-refractivity contribution >= 4 is 23.4 Å². The molecule has 1 unspecified atom stereocenters. The Balaban J connectivity index is 2.92. The molecule has 0 aromatic carbocycles. The van der Waals surface area contributed by atoms with Gasteiger partial charge in [0.25, 0.3) is 0 Å². The average molecular weight is 299 g/mol. The molecule has 112 valence electrons. The van der Waals surface area contributed by atoms with Gasteiger partial charge in [0.1, 0.15) is 5.82 Å². The molecule has 7 heteroatoms. The normalized spacial score (nSPS) is 14.1. The van der Waals surface area contributed by atoms with Crippen molar-refractivity contribution in [2.24, 2.45) is 0 Å². The first kappa shape index (κ1) is 16.7. The molecule has 0 amide bonds. The zero-order chi connectivity index (χ0) is 15.3. The Morgan fingerprint density at radius 3 is 2.70 bits per heavy atom. The number of carboxylic acids is 1. The second kappa shape index (κ2) is 6.90. The predicted molar refractivity (Wildman–Crippen MR) is 80.6 cm³/mol. The van der Waals surface area contributed by atoms with Crippen molar-refractivity contribution in [3.63, 3.8) is 0 Å². The summed E-state index contributed by atoms with van der Waals surface area (Å²) in [6, 6.07) is 0. The fourth-order valence-corrected chi connectivity index (χ4v) is 2.34. The highest BCUT2D eigenvalue weighted by Crippen LogP contribution is 2.18. The molecule has 0 radical (unpaired) electrons. The van der Waals surface area contributed by atoms with E-state index < -0.39 is 11.6 Å². The molecule has 0 saturated heterocycles. The minimum absolute atomic E-state index is 0.0572. The Kier molecular flexibility index (Phi) is 5.76. The van der Waals surface area contributed by atoms with Crippen LogP contribution in [-0.4, -0.2) is 50.3 Å². The summed E-state index contributed by atoms with van der Waals surface area (Å²) in [5, 5.41) is 22.2. The number of nitrogens with zero attached hydrogens (tertiary/aromatic N) is 2. The van der Waals surface area contributed by atoms with Crippen molar-refractivity contribution < 1.29 is 15.0 Å². The number of hydrogen-bond acceptors (Lipinski definition) is 6. The molecule has 0 spiro atoms. The molecule has 0 aliphatic rings. The molecule has 3 N–H and O–H groups in total. The van der Waals surface area contributed by atoms with E-state index in [1.165, 1.54) is 18.0 Å². The Morgan fingerprint density at radius 2 is 2.20 bits per heavy atom. The number of aromatic carboxylic acids is 1. The number of carbonyl (C=O) groups is 1. The second-order valence-electron chi connectivity index (χ2n) is 5.23. The molecular formula is C13H21N3O3S. The van der Waals surface area contributed by atoms with Gasteiger partial charge < -0.3 is 15.5 Å². The van der Waals surface area contributed by atoms with Crippen molar-refractivity contribution in [3.05, 3.63) is 17.7 Å². The van der Waals surface area contributed by atoms with E-state index in [4.69, 9.17) is 0 Å². The monoisotopic (exact) mass is 299 g/mol. The highest BCUT2D eigenvalue weighted by atomic mass is 32.2. The number of carboxylic acid groups (broad SMARTS) is 1. The molecule has 0 aliphatic heterocycles. The third kappa shape index (κ3) is 4.64. The Hall–Kier alpha value is -1.34. The summed E-state index contributed by atoms with van der Waals surface area (Å²) in [7, 11) is 0. The second-order valence-corrected chi connectivity index (χ2v) is 6.10. The van der Waals surface area contributed by atoms with Crippen LogP contribution in [-0.2, 0) is 0 Å². The van der Waals surface area contributed by atoms with Gasteiger partial charge in [0.05, 0.1) is 17.5 Å². The van der Waals surface area contributed by atoms with E-state index in [1.807, 2.05) is 20.1 Å². The Morgan fingerprint density at radius 1 is 1.55 bits per heavy atom. The van der Waals surface area contributed by atoms with Crippen LogP contribution >= 0.6 is 11.8 Å². The summed E-state index contributed by atoms with van der Waals surface area (Å²) in [6.45, 7) is 5.73. The van der Waals surface area contributed by atoms with Crippen LogP contribution in [0.4, 0.5) is 5.69 Å². The van der Waals surface area contributed by atoms with Crippen molar-refractivity contribution in [1.29, 1.82) is 0 Å². The van der Waals surface area contributed by atoms with E-state index in [0.29, 0.717) is 17.3 Å². The quantitative estimate of drug-likeness (QED) is 0.707. The molecule has 0 saturated carbocycles. The summed E-state index contributed by atoms with van der Waals surface area (Å²) in [5.41, 5.74) is -0.668. The number of rotatable bonds is 7. The van der Waals surface area contributed by atoms with Gasteiger partial charge in [-0.15, -0.1) is 0 Å². The standard InChI is InChI=1S/C13H21N3O3S/c1-8(2)11-14-5-9(10(16-11)12(17)18)15-6-13(3,19)7-20-4/h5,8,15,19H,6-7H2,1-4H3,(H,17,18). The van der Waals surface area contributed by atoms with Crippen molar-refractivity contribution in [2.45, 2.75) is 32.3 Å². The lowest BCUT2D eigenvalue weighted by Crippen LogP contribution is -2.36. The fraction of sp³-hybridized carbons (Fsp3) is 0.615. The van der Waals surface area contributed by atoms with Crippen molar-refractivity contribution in [3.8, 4) is 0 Å². The summed E-state index contributed by atoms with van der Waals surface area (Å²) >= 11 is 1.52. The van der Waals surface area contributed by atoms with Crippen LogP contribution in [0.15, 0.2) is 6.20 Å². The summed E-state index contributed by atoms with van der Waals surface area (Å²) < 4.78 is 0. The van der Waals surface area contributed by atoms with Crippen molar-refractivity contribution in [2.75, 3.05) is 23.9 Å². The molecule has 6 nitrogen and oxygen atoms in total.